The maximum absolute atomic E-state index is 2.59. The predicted molar refractivity (Wildman–Crippen MR) is 132 cm³/mol. The zero-order valence-electron chi connectivity index (χ0n) is 18.9. The minimum absolute atomic E-state index is 0.0899. The molecule has 3 heteroatoms. The van der Waals surface area contributed by atoms with Gasteiger partial charge in [-0.15, -0.1) is 0 Å². The van der Waals surface area contributed by atoms with Gasteiger partial charge in [0, 0.05) is 0 Å². The fourth-order valence-electron chi connectivity index (χ4n) is 4.14. The first kappa shape index (κ1) is 21.8. The molecule has 0 radical (unpaired) electrons. The molecule has 0 atom stereocenters. The van der Waals surface area contributed by atoms with Gasteiger partial charge < -0.3 is 0 Å². The van der Waals surface area contributed by atoms with E-state index in [1.165, 1.54) is 32.4 Å². The number of nitrogens with zero attached hydrogens (tertiary/aromatic N) is 2. The molecule has 2 nitrogen and oxygen atoms in total. The predicted octanol–water partition coefficient (Wildman–Crippen LogP) is 6.28. The van der Waals surface area contributed by atoms with E-state index in [9.17, 15) is 0 Å². The zero-order valence-corrected chi connectivity index (χ0v) is 20.6. The number of benzene rings is 3. The summed E-state index contributed by atoms with van der Waals surface area (Å²) >= 11 is -0.0899. The number of hydrogen-bond donors (Lipinski definition) is 0. The summed E-state index contributed by atoms with van der Waals surface area (Å²) in [5, 5.41) is 0. The zero-order chi connectivity index (χ0) is 21.8. The van der Waals surface area contributed by atoms with Crippen LogP contribution in [0.4, 0.5) is 11.4 Å². The van der Waals surface area contributed by atoms with E-state index in [4.69, 9.17) is 0 Å². The molecule has 1 aliphatic rings. The van der Waals surface area contributed by atoms with Crippen molar-refractivity contribution >= 4 is 20.3 Å². The third-order valence-corrected chi connectivity index (χ3v) is 7.96. The second-order valence-electron chi connectivity index (χ2n) is 8.60. The van der Waals surface area contributed by atoms with Gasteiger partial charge in [0.2, 0.25) is 0 Å². The molecule has 0 bridgehead atoms. The van der Waals surface area contributed by atoms with Crippen LogP contribution < -0.4 is 9.80 Å². The van der Waals surface area contributed by atoms with Gasteiger partial charge in [0.1, 0.15) is 0 Å². The van der Waals surface area contributed by atoms with Crippen molar-refractivity contribution in [2.24, 2.45) is 0 Å². The van der Waals surface area contributed by atoms with Gasteiger partial charge in [-0.25, -0.2) is 0 Å². The van der Waals surface area contributed by atoms with E-state index in [1.54, 1.807) is 0 Å². The fourth-order valence-corrected chi connectivity index (χ4v) is 6.34. The molecule has 0 unspecified atom stereocenters. The molecule has 31 heavy (non-hydrogen) atoms. The molecule has 0 aromatic heterocycles. The first-order valence-electron chi connectivity index (χ1n) is 11.1. The summed E-state index contributed by atoms with van der Waals surface area (Å²) in [7, 11) is 0. The standard InChI is InChI=1S/C21H26N2.C7H6.Ru/c1-16(2)18-9-5-7-11-20(18)22-13-14-23(15-22)21-12-8-6-10-19(21)17(3)4;1-7-5-3-2-4-6-7;/h5-12,16-17H,13-14H2,1-4H3;1-6H;. The number of hydrogen-bond acceptors (Lipinski definition) is 2. The molecule has 3 aromatic rings. The third kappa shape index (κ3) is 4.78. The Morgan fingerprint density at radius 3 is 1.58 bits per heavy atom. The second-order valence-corrected chi connectivity index (χ2v) is 10.4. The van der Waals surface area contributed by atoms with Crippen LogP contribution in [0, 0.1) is 0 Å². The summed E-state index contributed by atoms with van der Waals surface area (Å²) < 4.78 is 3.90. The second kappa shape index (κ2) is 9.83. The van der Waals surface area contributed by atoms with Gasteiger partial charge in [0.15, 0.2) is 0 Å². The molecule has 0 aliphatic carbocycles. The van der Waals surface area contributed by atoms with Crippen LogP contribution in [0.2, 0.25) is 0 Å². The Morgan fingerprint density at radius 1 is 0.645 bits per heavy atom. The molecule has 0 N–H and O–H groups in total. The Bertz CT molecular complexity index is 1030. The van der Waals surface area contributed by atoms with Gasteiger partial charge in [0.05, 0.1) is 0 Å². The monoisotopic (exact) mass is 498 g/mol. The van der Waals surface area contributed by atoms with Crippen LogP contribution in [0.1, 0.15) is 56.2 Å². The molecule has 1 fully saturated rings. The van der Waals surface area contributed by atoms with Crippen molar-refractivity contribution in [1.82, 2.24) is 0 Å². The summed E-state index contributed by atoms with van der Waals surface area (Å²) in [6.45, 7) is 11.2. The van der Waals surface area contributed by atoms with E-state index in [-0.39, 0.29) is 16.2 Å². The fraction of sp³-hybridized carbons (Fsp3) is 0.286. The van der Waals surface area contributed by atoms with Gasteiger partial charge in [0.25, 0.3) is 0 Å². The van der Waals surface area contributed by atoms with Gasteiger partial charge in [-0.1, -0.05) is 0 Å². The first-order valence-corrected chi connectivity index (χ1v) is 13.0. The molecular weight excluding hydrogens is 465 g/mol. The van der Waals surface area contributed by atoms with E-state index < -0.39 is 0 Å². The van der Waals surface area contributed by atoms with Gasteiger partial charge in [-0.05, 0) is 0 Å². The Hall–Kier alpha value is -2.38. The van der Waals surface area contributed by atoms with Crippen molar-refractivity contribution in [3.8, 4) is 0 Å². The topological polar surface area (TPSA) is 6.48 Å². The van der Waals surface area contributed by atoms with E-state index in [1.807, 2.05) is 0 Å². The van der Waals surface area contributed by atoms with Crippen LogP contribution in [-0.4, -0.2) is 22.1 Å². The Balaban J connectivity index is 1.86. The van der Waals surface area contributed by atoms with Crippen LogP contribution in [-0.2, 0) is 16.2 Å². The van der Waals surface area contributed by atoms with Crippen molar-refractivity contribution in [2.45, 2.75) is 39.5 Å². The minimum atomic E-state index is -0.0899. The Kier molecular flexibility index (Phi) is 6.93. The number of para-hydroxylation sites is 2. The van der Waals surface area contributed by atoms with Crippen molar-refractivity contribution in [3.05, 3.63) is 95.6 Å². The van der Waals surface area contributed by atoms with Gasteiger partial charge >= 0.3 is 195 Å². The summed E-state index contributed by atoms with van der Waals surface area (Å²) in [6, 6.07) is 28.7. The summed E-state index contributed by atoms with van der Waals surface area (Å²) in [6.07, 6.45) is 0. The molecule has 1 aliphatic heterocycles. The molecule has 0 saturated carbocycles. The van der Waals surface area contributed by atoms with E-state index in [0.717, 1.165) is 13.1 Å². The Morgan fingerprint density at radius 2 is 1.10 bits per heavy atom. The van der Waals surface area contributed by atoms with E-state index in [0.29, 0.717) is 11.8 Å². The average Bonchev–Trinajstić information content (AvgIpc) is 3.22. The molecule has 0 amide bonds. The van der Waals surface area contributed by atoms with E-state index in [2.05, 4.69) is 121 Å². The van der Waals surface area contributed by atoms with Crippen molar-refractivity contribution in [1.29, 1.82) is 0 Å². The van der Waals surface area contributed by atoms with Crippen LogP contribution in [0.15, 0.2) is 78.9 Å². The molecule has 162 valence electrons. The molecule has 0 spiro atoms. The molecule has 4 rings (SSSR count). The molecular formula is C28H32N2Ru. The van der Waals surface area contributed by atoms with Crippen molar-refractivity contribution < 1.29 is 16.2 Å². The van der Waals surface area contributed by atoms with Gasteiger partial charge in [-0.2, -0.15) is 0 Å². The van der Waals surface area contributed by atoms with Crippen molar-refractivity contribution in [3.63, 3.8) is 0 Å². The number of rotatable bonds is 5. The van der Waals surface area contributed by atoms with Crippen LogP contribution in [0.25, 0.3) is 0 Å². The molecule has 1 heterocycles. The van der Waals surface area contributed by atoms with Crippen molar-refractivity contribution in [2.75, 3.05) is 22.9 Å². The average molecular weight is 498 g/mol. The first-order chi connectivity index (χ1) is 15.1. The van der Waals surface area contributed by atoms with E-state index >= 15 is 0 Å². The Labute approximate surface area is 194 Å². The summed E-state index contributed by atoms with van der Waals surface area (Å²) in [5.74, 6) is 1.01. The quantitative estimate of drug-likeness (QED) is 0.383. The van der Waals surface area contributed by atoms with Crippen LogP contribution >= 0.6 is 0 Å². The summed E-state index contributed by atoms with van der Waals surface area (Å²) in [5.41, 5.74) is 6.91. The molecule has 3 aromatic carbocycles. The van der Waals surface area contributed by atoms with Crippen LogP contribution in [0.3, 0.4) is 0 Å². The SMILES string of the molecule is CC(C)c1ccccc1N1CCN(c2ccccc2C(C)C)[C]1=[Ru]=[CH]c1ccccc1. The maximum atomic E-state index is 2.59. The summed E-state index contributed by atoms with van der Waals surface area (Å²) in [4.78, 5) is 5.18. The third-order valence-electron chi connectivity index (χ3n) is 5.74. The van der Waals surface area contributed by atoms with Crippen LogP contribution in [0.5, 0.6) is 0 Å². The molecule has 1 saturated heterocycles. The normalized spacial score (nSPS) is 14.1. The van der Waals surface area contributed by atoms with Gasteiger partial charge in [-0.3, -0.25) is 0 Å². The number of anilines is 2.